The van der Waals surface area contributed by atoms with Crippen LogP contribution in [0.1, 0.15) is 25.5 Å². The molecule has 2 rings (SSSR count). The number of hydrogen-bond acceptors (Lipinski definition) is 4. The van der Waals surface area contributed by atoms with E-state index in [1.807, 2.05) is 12.1 Å². The van der Waals surface area contributed by atoms with Crippen LogP contribution in [-0.4, -0.2) is 28.4 Å². The fourth-order valence-corrected chi connectivity index (χ4v) is 2.68. The van der Waals surface area contributed by atoms with Crippen LogP contribution in [-0.2, 0) is 10.5 Å². The number of hydrogen-bond donors (Lipinski definition) is 2. The normalized spacial score (nSPS) is 18.9. The molecule has 5 heteroatoms. The van der Waals surface area contributed by atoms with Gasteiger partial charge in [0.05, 0.1) is 12.0 Å². The molecule has 1 aromatic heterocycles. The largest absolute Gasteiger partial charge is 0.480 e. The highest BCUT2D eigenvalue weighted by molar-refractivity contribution is 7.98. The van der Waals surface area contributed by atoms with Crippen LogP contribution in [0.15, 0.2) is 22.8 Å². The second-order valence-corrected chi connectivity index (χ2v) is 5.61. The molecule has 1 saturated carbocycles. The zero-order valence-electron chi connectivity index (χ0n) is 9.81. The number of carboxylic acid groups (broad SMARTS) is 1. The van der Waals surface area contributed by atoms with E-state index in [0.717, 1.165) is 18.6 Å². The first kappa shape index (κ1) is 12.5. The van der Waals surface area contributed by atoms with E-state index in [4.69, 9.17) is 4.42 Å². The quantitative estimate of drug-likeness (QED) is 0.781. The maximum absolute atomic E-state index is 11.3. The minimum atomic E-state index is -0.835. The van der Waals surface area contributed by atoms with Crippen molar-refractivity contribution in [3.8, 4) is 0 Å². The maximum Gasteiger partial charge on any atom is 0.324 e. The van der Waals surface area contributed by atoms with Gasteiger partial charge < -0.3 is 9.52 Å². The van der Waals surface area contributed by atoms with Gasteiger partial charge in [0, 0.05) is 11.8 Å². The molecule has 0 aliphatic heterocycles. The lowest BCUT2D eigenvalue weighted by Gasteiger charge is -2.25. The number of rotatable bonds is 7. The molecular weight excluding hydrogens is 238 g/mol. The van der Waals surface area contributed by atoms with Crippen molar-refractivity contribution in [3.05, 3.63) is 24.2 Å². The van der Waals surface area contributed by atoms with Gasteiger partial charge in [-0.1, -0.05) is 0 Å². The van der Waals surface area contributed by atoms with Gasteiger partial charge in [0.25, 0.3) is 0 Å². The molecule has 4 nitrogen and oxygen atoms in total. The first-order valence-electron chi connectivity index (χ1n) is 5.71. The Morgan fingerprint density at radius 1 is 1.71 bits per heavy atom. The molecule has 17 heavy (non-hydrogen) atoms. The van der Waals surface area contributed by atoms with Gasteiger partial charge in [-0.15, -0.1) is 0 Å². The Kier molecular flexibility index (Phi) is 3.79. The number of carboxylic acids is 1. The summed E-state index contributed by atoms with van der Waals surface area (Å²) in [4.78, 5) is 11.3. The van der Waals surface area contributed by atoms with Gasteiger partial charge in [-0.2, -0.15) is 11.8 Å². The van der Waals surface area contributed by atoms with Crippen LogP contribution in [0.2, 0.25) is 0 Å². The Bertz CT molecular complexity index is 375. The number of thioether (sulfide) groups is 1. The van der Waals surface area contributed by atoms with Crippen LogP contribution < -0.4 is 5.32 Å². The molecule has 1 unspecified atom stereocenters. The Morgan fingerprint density at radius 2 is 2.47 bits per heavy atom. The molecule has 1 aromatic rings. The lowest BCUT2D eigenvalue weighted by molar-refractivity contribution is -0.143. The molecule has 2 N–H and O–H groups in total. The van der Waals surface area contributed by atoms with E-state index in [9.17, 15) is 9.90 Å². The van der Waals surface area contributed by atoms with E-state index in [-0.39, 0.29) is 0 Å². The van der Waals surface area contributed by atoms with Gasteiger partial charge in [-0.3, -0.25) is 10.1 Å². The summed E-state index contributed by atoms with van der Waals surface area (Å²) in [5.74, 6) is 1.35. The topological polar surface area (TPSA) is 62.5 Å². The van der Waals surface area contributed by atoms with E-state index in [1.54, 1.807) is 24.9 Å². The van der Waals surface area contributed by atoms with Crippen LogP contribution in [0.5, 0.6) is 0 Å². The lowest BCUT2D eigenvalue weighted by atomic mass is 10.1. The zero-order chi connectivity index (χ0) is 12.3. The summed E-state index contributed by atoms with van der Waals surface area (Å²) >= 11 is 1.58. The molecule has 0 amide bonds. The van der Waals surface area contributed by atoms with Gasteiger partial charge in [0.15, 0.2) is 0 Å². The van der Waals surface area contributed by atoms with Crippen LogP contribution in [0.25, 0.3) is 0 Å². The third-order valence-corrected chi connectivity index (χ3v) is 4.06. The second kappa shape index (κ2) is 5.14. The molecule has 1 heterocycles. The van der Waals surface area contributed by atoms with Crippen molar-refractivity contribution in [3.63, 3.8) is 0 Å². The van der Waals surface area contributed by atoms with E-state index >= 15 is 0 Å². The Balaban J connectivity index is 1.82. The molecule has 0 radical (unpaired) electrons. The van der Waals surface area contributed by atoms with E-state index in [0.29, 0.717) is 17.5 Å². The van der Waals surface area contributed by atoms with Crippen molar-refractivity contribution in [2.24, 2.45) is 0 Å². The van der Waals surface area contributed by atoms with Crippen molar-refractivity contribution >= 4 is 17.7 Å². The summed E-state index contributed by atoms with van der Waals surface area (Å²) < 4.78 is 5.21. The van der Waals surface area contributed by atoms with Crippen LogP contribution in [0, 0.1) is 0 Å². The third kappa shape index (κ3) is 3.51. The summed E-state index contributed by atoms with van der Waals surface area (Å²) in [7, 11) is 0. The van der Waals surface area contributed by atoms with Gasteiger partial charge in [0.2, 0.25) is 0 Å². The van der Waals surface area contributed by atoms with Crippen LogP contribution >= 0.6 is 11.8 Å². The SMILES string of the molecule is CC(CSCc1ccco1)(NC1CC1)C(=O)O. The first-order chi connectivity index (χ1) is 8.10. The molecular formula is C12H17NO3S. The minimum Gasteiger partial charge on any atom is -0.480 e. The standard InChI is InChI=1S/C12H17NO3S/c1-12(11(14)15,13-9-4-5-9)8-17-7-10-3-2-6-16-10/h2-3,6,9,13H,4-5,7-8H2,1H3,(H,14,15). The average molecular weight is 255 g/mol. The van der Waals surface area contributed by atoms with Crippen LogP contribution in [0.4, 0.5) is 0 Å². The number of furan rings is 1. The molecule has 1 aliphatic rings. The lowest BCUT2D eigenvalue weighted by Crippen LogP contribution is -2.52. The Labute approximate surface area is 105 Å². The van der Waals surface area contributed by atoms with Gasteiger partial charge >= 0.3 is 5.97 Å². The van der Waals surface area contributed by atoms with E-state index in [2.05, 4.69) is 5.32 Å². The molecule has 0 saturated heterocycles. The van der Waals surface area contributed by atoms with Gasteiger partial charge in [-0.05, 0) is 31.9 Å². The highest BCUT2D eigenvalue weighted by Crippen LogP contribution is 2.25. The first-order valence-corrected chi connectivity index (χ1v) is 6.87. The van der Waals surface area contributed by atoms with Crippen molar-refractivity contribution in [1.82, 2.24) is 5.32 Å². The highest BCUT2D eigenvalue weighted by atomic mass is 32.2. The maximum atomic E-state index is 11.3. The van der Waals surface area contributed by atoms with E-state index < -0.39 is 11.5 Å². The fourth-order valence-electron chi connectivity index (χ4n) is 1.59. The smallest absolute Gasteiger partial charge is 0.324 e. The van der Waals surface area contributed by atoms with Crippen molar-refractivity contribution in [2.45, 2.75) is 37.1 Å². The summed E-state index contributed by atoms with van der Waals surface area (Å²) in [6.45, 7) is 1.75. The Morgan fingerprint density at radius 3 is 3.00 bits per heavy atom. The molecule has 1 atom stereocenters. The molecule has 94 valence electrons. The molecule has 1 fully saturated rings. The minimum absolute atomic E-state index is 0.389. The van der Waals surface area contributed by atoms with Gasteiger partial charge in [-0.25, -0.2) is 0 Å². The molecule has 1 aliphatic carbocycles. The highest BCUT2D eigenvalue weighted by Gasteiger charge is 2.38. The number of nitrogens with one attached hydrogen (secondary N) is 1. The fraction of sp³-hybridized carbons (Fsp3) is 0.583. The summed E-state index contributed by atoms with van der Waals surface area (Å²) in [5, 5.41) is 12.5. The predicted molar refractivity (Wildman–Crippen MR) is 67.1 cm³/mol. The second-order valence-electron chi connectivity index (χ2n) is 4.63. The van der Waals surface area contributed by atoms with Crippen molar-refractivity contribution in [1.29, 1.82) is 0 Å². The Hall–Kier alpha value is -0.940. The summed E-state index contributed by atoms with van der Waals surface area (Å²) in [5.41, 5.74) is -0.835. The average Bonchev–Trinajstić information content (AvgIpc) is 2.93. The van der Waals surface area contributed by atoms with Gasteiger partial charge in [0.1, 0.15) is 11.3 Å². The summed E-state index contributed by atoms with van der Waals surface area (Å²) in [6.07, 6.45) is 3.81. The van der Waals surface area contributed by atoms with E-state index in [1.165, 1.54) is 0 Å². The van der Waals surface area contributed by atoms with Crippen LogP contribution in [0.3, 0.4) is 0 Å². The summed E-state index contributed by atoms with van der Waals surface area (Å²) in [6, 6.07) is 4.13. The molecule has 0 bridgehead atoms. The molecule has 0 spiro atoms. The van der Waals surface area contributed by atoms with Crippen molar-refractivity contribution < 1.29 is 14.3 Å². The molecule has 0 aromatic carbocycles. The number of aliphatic carboxylic acids is 1. The third-order valence-electron chi connectivity index (χ3n) is 2.79. The monoisotopic (exact) mass is 255 g/mol. The predicted octanol–water partition coefficient (Wildman–Crippen LogP) is 2.11. The zero-order valence-corrected chi connectivity index (χ0v) is 10.6. The van der Waals surface area contributed by atoms with Crippen molar-refractivity contribution in [2.75, 3.05) is 5.75 Å². The number of carbonyl (C=O) groups is 1.